The summed E-state index contributed by atoms with van der Waals surface area (Å²) < 4.78 is 32.3. The molecule has 0 bridgehead atoms. The second-order valence-electron chi connectivity index (χ2n) is 6.84. The highest BCUT2D eigenvalue weighted by molar-refractivity contribution is 7.89. The molecule has 1 aliphatic heterocycles. The third kappa shape index (κ3) is 4.40. The molecule has 0 aliphatic carbocycles. The molecule has 1 atom stereocenters. The molecule has 3 rings (SSSR count). The highest BCUT2D eigenvalue weighted by atomic mass is 32.2. The number of likely N-dealkylation sites (N-methyl/N-ethyl adjacent to an activating group) is 1. The zero-order valence-electron chi connectivity index (χ0n) is 15.6. The summed E-state index contributed by atoms with van der Waals surface area (Å²) in [5.74, 6) is 0.442. The zero-order chi connectivity index (χ0) is 19.4. The Morgan fingerprint density at radius 1 is 1.22 bits per heavy atom. The summed E-state index contributed by atoms with van der Waals surface area (Å²) >= 11 is 0. The first-order chi connectivity index (χ1) is 12.9. The molecule has 27 heavy (non-hydrogen) atoms. The van der Waals surface area contributed by atoms with Crippen LogP contribution in [0.15, 0.2) is 52.0 Å². The lowest BCUT2D eigenvalue weighted by Crippen LogP contribution is -2.34. The second-order valence-corrected chi connectivity index (χ2v) is 8.78. The SMILES string of the molecule is CN(C)C(CNC(=O)c1cccc(S(=O)(=O)N2CCCC2)c1)c1ccco1. The van der Waals surface area contributed by atoms with E-state index in [1.54, 1.807) is 24.5 Å². The van der Waals surface area contributed by atoms with Gasteiger partial charge < -0.3 is 9.73 Å². The van der Waals surface area contributed by atoms with E-state index in [-0.39, 0.29) is 16.8 Å². The first-order valence-corrected chi connectivity index (χ1v) is 10.4. The highest BCUT2D eigenvalue weighted by Gasteiger charge is 2.27. The van der Waals surface area contributed by atoms with Crippen LogP contribution in [0.1, 0.15) is 35.0 Å². The third-order valence-electron chi connectivity index (χ3n) is 4.75. The quantitative estimate of drug-likeness (QED) is 0.782. The van der Waals surface area contributed by atoms with Gasteiger partial charge in [0.05, 0.1) is 17.2 Å². The lowest BCUT2D eigenvalue weighted by Gasteiger charge is -2.22. The van der Waals surface area contributed by atoms with Crippen molar-refractivity contribution in [2.24, 2.45) is 0 Å². The van der Waals surface area contributed by atoms with Gasteiger partial charge in [0.25, 0.3) is 5.91 Å². The molecule has 1 unspecified atom stereocenters. The normalized spacial score (nSPS) is 16.6. The average Bonchev–Trinajstić information content (AvgIpc) is 3.36. The van der Waals surface area contributed by atoms with Crippen LogP contribution in [0.25, 0.3) is 0 Å². The summed E-state index contributed by atoms with van der Waals surface area (Å²) in [6.45, 7) is 1.42. The fourth-order valence-corrected chi connectivity index (χ4v) is 4.75. The fourth-order valence-electron chi connectivity index (χ4n) is 3.19. The minimum absolute atomic E-state index is 0.111. The standard InChI is InChI=1S/C19H25N3O4S/c1-21(2)17(18-9-6-12-26-18)14-20-19(23)15-7-5-8-16(13-15)27(24,25)22-10-3-4-11-22/h5-9,12-13,17H,3-4,10-11,14H2,1-2H3,(H,20,23). The van der Waals surface area contributed by atoms with Crippen molar-refractivity contribution in [2.45, 2.75) is 23.8 Å². The summed E-state index contributed by atoms with van der Waals surface area (Å²) in [6, 6.07) is 9.76. The van der Waals surface area contributed by atoms with Gasteiger partial charge in [-0.3, -0.25) is 9.69 Å². The largest absolute Gasteiger partial charge is 0.468 e. The molecule has 0 radical (unpaired) electrons. The van der Waals surface area contributed by atoms with Crippen LogP contribution in [-0.2, 0) is 10.0 Å². The van der Waals surface area contributed by atoms with Crippen molar-refractivity contribution < 1.29 is 17.6 Å². The van der Waals surface area contributed by atoms with Gasteiger partial charge in [0.15, 0.2) is 0 Å². The van der Waals surface area contributed by atoms with Crippen molar-refractivity contribution in [2.75, 3.05) is 33.7 Å². The van der Waals surface area contributed by atoms with Crippen LogP contribution in [0, 0.1) is 0 Å². The van der Waals surface area contributed by atoms with Gasteiger partial charge in [-0.05, 0) is 57.3 Å². The molecule has 7 nitrogen and oxygen atoms in total. The number of carbonyl (C=O) groups is 1. The van der Waals surface area contributed by atoms with Gasteiger partial charge >= 0.3 is 0 Å². The number of sulfonamides is 1. The molecule has 2 heterocycles. The van der Waals surface area contributed by atoms with E-state index in [0.29, 0.717) is 25.2 Å². The maximum absolute atomic E-state index is 12.7. The number of amides is 1. The Bertz CT molecular complexity index is 872. The molecule has 1 fully saturated rings. The van der Waals surface area contributed by atoms with Crippen molar-refractivity contribution in [3.63, 3.8) is 0 Å². The third-order valence-corrected chi connectivity index (χ3v) is 6.64. The first kappa shape index (κ1) is 19.6. The maximum Gasteiger partial charge on any atom is 0.251 e. The first-order valence-electron chi connectivity index (χ1n) is 8.98. The number of furan rings is 1. The Hall–Kier alpha value is -2.16. The number of nitrogens with one attached hydrogen (secondary N) is 1. The van der Waals surface area contributed by atoms with E-state index in [1.807, 2.05) is 25.1 Å². The van der Waals surface area contributed by atoms with Crippen molar-refractivity contribution in [3.05, 3.63) is 54.0 Å². The Balaban J connectivity index is 1.72. The zero-order valence-corrected chi connectivity index (χ0v) is 16.4. The molecule has 1 N–H and O–H groups in total. The van der Waals surface area contributed by atoms with Crippen molar-refractivity contribution in [1.82, 2.24) is 14.5 Å². The number of hydrogen-bond acceptors (Lipinski definition) is 5. The number of benzene rings is 1. The topological polar surface area (TPSA) is 82.9 Å². The predicted octanol–water partition coefficient (Wildman–Crippen LogP) is 2.10. The Kier molecular flexibility index (Phi) is 5.98. The summed E-state index contributed by atoms with van der Waals surface area (Å²) in [6.07, 6.45) is 3.34. The Morgan fingerprint density at radius 2 is 1.96 bits per heavy atom. The molecule has 8 heteroatoms. The van der Waals surface area contributed by atoms with E-state index in [9.17, 15) is 13.2 Å². The van der Waals surface area contributed by atoms with Crippen LogP contribution in [0.2, 0.25) is 0 Å². The van der Waals surface area contributed by atoms with E-state index in [2.05, 4.69) is 5.32 Å². The molecular weight excluding hydrogens is 366 g/mol. The van der Waals surface area contributed by atoms with Gasteiger partial charge in [-0.25, -0.2) is 8.42 Å². The summed E-state index contributed by atoms with van der Waals surface area (Å²) in [5, 5.41) is 2.87. The number of carbonyl (C=O) groups excluding carboxylic acids is 1. The van der Waals surface area contributed by atoms with Crippen LogP contribution in [0.3, 0.4) is 0 Å². The van der Waals surface area contributed by atoms with Gasteiger partial charge in [0, 0.05) is 25.2 Å². The summed E-state index contributed by atoms with van der Waals surface area (Å²) in [5.41, 5.74) is 0.326. The van der Waals surface area contributed by atoms with E-state index >= 15 is 0 Å². The Labute approximate surface area is 160 Å². The van der Waals surface area contributed by atoms with Gasteiger partial charge in [-0.1, -0.05) is 6.07 Å². The molecule has 1 amide bonds. The monoisotopic (exact) mass is 391 g/mol. The van der Waals surface area contributed by atoms with Crippen LogP contribution < -0.4 is 5.32 Å². The molecule has 1 aromatic carbocycles. The van der Waals surface area contributed by atoms with Crippen LogP contribution in [-0.4, -0.2) is 57.3 Å². The number of hydrogen-bond donors (Lipinski definition) is 1. The molecule has 0 spiro atoms. The minimum atomic E-state index is -3.54. The second kappa shape index (κ2) is 8.24. The maximum atomic E-state index is 12.7. The molecular formula is C19H25N3O4S. The van der Waals surface area contributed by atoms with Gasteiger partial charge in [-0.2, -0.15) is 4.31 Å². The number of nitrogens with zero attached hydrogens (tertiary/aromatic N) is 2. The van der Waals surface area contributed by atoms with Gasteiger partial charge in [-0.15, -0.1) is 0 Å². The van der Waals surface area contributed by atoms with Gasteiger partial charge in [0.2, 0.25) is 10.0 Å². The summed E-state index contributed by atoms with van der Waals surface area (Å²) in [4.78, 5) is 14.7. The van der Waals surface area contributed by atoms with Crippen molar-refractivity contribution >= 4 is 15.9 Å². The Morgan fingerprint density at radius 3 is 2.59 bits per heavy atom. The van der Waals surface area contributed by atoms with Crippen molar-refractivity contribution in [3.8, 4) is 0 Å². The fraction of sp³-hybridized carbons (Fsp3) is 0.421. The van der Waals surface area contributed by atoms with E-state index < -0.39 is 10.0 Å². The van der Waals surface area contributed by atoms with Gasteiger partial charge in [0.1, 0.15) is 5.76 Å². The predicted molar refractivity (Wildman–Crippen MR) is 102 cm³/mol. The molecule has 1 aliphatic rings. The van der Waals surface area contributed by atoms with Crippen molar-refractivity contribution in [1.29, 1.82) is 0 Å². The lowest BCUT2D eigenvalue weighted by atomic mass is 10.2. The summed E-state index contributed by atoms with van der Waals surface area (Å²) in [7, 11) is 0.266. The smallest absolute Gasteiger partial charge is 0.251 e. The number of rotatable bonds is 7. The molecule has 0 saturated carbocycles. The molecule has 1 saturated heterocycles. The average molecular weight is 391 g/mol. The molecule has 146 valence electrons. The van der Waals surface area contributed by atoms with Crippen LogP contribution >= 0.6 is 0 Å². The van der Waals surface area contributed by atoms with E-state index in [0.717, 1.165) is 18.6 Å². The van der Waals surface area contributed by atoms with Crippen LogP contribution in [0.4, 0.5) is 0 Å². The van der Waals surface area contributed by atoms with E-state index in [1.165, 1.54) is 16.4 Å². The van der Waals surface area contributed by atoms with Crippen LogP contribution in [0.5, 0.6) is 0 Å². The minimum Gasteiger partial charge on any atom is -0.468 e. The highest BCUT2D eigenvalue weighted by Crippen LogP contribution is 2.22. The van der Waals surface area contributed by atoms with E-state index in [4.69, 9.17) is 4.42 Å². The lowest BCUT2D eigenvalue weighted by molar-refractivity contribution is 0.0939. The molecule has 1 aromatic heterocycles. The molecule has 2 aromatic rings.